The topological polar surface area (TPSA) is 76.1 Å². The number of allylic oxidation sites excluding steroid dienone is 1. The van der Waals surface area contributed by atoms with Gasteiger partial charge in [-0.1, -0.05) is 17.7 Å². The van der Waals surface area contributed by atoms with Crippen molar-refractivity contribution in [2.24, 2.45) is 0 Å². The Morgan fingerprint density at radius 1 is 1.22 bits per heavy atom. The molecular weight excluding hydrogens is 340 g/mol. The molecule has 0 spiro atoms. The number of aromatic nitrogens is 2. The molecule has 0 radical (unpaired) electrons. The molecule has 0 unspecified atom stereocenters. The maximum Gasteiger partial charge on any atom is 0.274 e. The molecule has 3 rings (SSSR count). The van der Waals surface area contributed by atoms with E-state index in [9.17, 15) is 4.79 Å². The Morgan fingerprint density at radius 3 is 2.89 bits per heavy atom. The third kappa shape index (κ3) is 5.54. The van der Waals surface area contributed by atoms with Crippen LogP contribution >= 0.6 is 0 Å². The highest BCUT2D eigenvalue weighted by atomic mass is 16.5. The Morgan fingerprint density at radius 2 is 2.11 bits per heavy atom. The van der Waals surface area contributed by atoms with Gasteiger partial charge in [0.05, 0.1) is 7.11 Å². The zero-order valence-corrected chi connectivity index (χ0v) is 15.9. The second-order valence-electron chi connectivity index (χ2n) is 6.66. The van der Waals surface area contributed by atoms with Crippen molar-refractivity contribution < 1.29 is 9.53 Å². The van der Waals surface area contributed by atoms with E-state index in [1.54, 1.807) is 26.2 Å². The fourth-order valence-electron chi connectivity index (χ4n) is 3.15. The van der Waals surface area contributed by atoms with Crippen LogP contribution in [0.2, 0.25) is 0 Å². The maximum absolute atomic E-state index is 12.6. The first-order valence-electron chi connectivity index (χ1n) is 9.37. The van der Waals surface area contributed by atoms with E-state index in [1.165, 1.54) is 31.3 Å². The maximum atomic E-state index is 12.6. The van der Waals surface area contributed by atoms with Crippen LogP contribution in [-0.4, -0.2) is 29.5 Å². The van der Waals surface area contributed by atoms with Gasteiger partial charge >= 0.3 is 0 Å². The number of hydrogen-bond donors (Lipinski definition) is 2. The summed E-state index contributed by atoms with van der Waals surface area (Å²) in [5.41, 5.74) is 2.51. The van der Waals surface area contributed by atoms with Crippen LogP contribution in [0.5, 0.6) is 5.75 Å². The summed E-state index contributed by atoms with van der Waals surface area (Å²) >= 11 is 0. The molecule has 1 amide bonds. The zero-order chi connectivity index (χ0) is 19.1. The minimum Gasteiger partial charge on any atom is -0.497 e. The Hall–Kier alpha value is -2.89. The molecule has 1 aliphatic rings. The molecule has 27 heavy (non-hydrogen) atoms. The van der Waals surface area contributed by atoms with Gasteiger partial charge < -0.3 is 15.4 Å². The van der Waals surface area contributed by atoms with Gasteiger partial charge in [-0.3, -0.25) is 4.79 Å². The number of hydrogen-bond acceptors (Lipinski definition) is 5. The number of carbonyl (C=O) groups excluding carboxylic acids is 1. The molecule has 6 heteroatoms. The number of methoxy groups -OCH3 is 1. The molecule has 2 aromatic rings. The Labute approximate surface area is 160 Å². The molecule has 0 saturated carbocycles. The minimum atomic E-state index is -0.271. The molecule has 1 heterocycles. The van der Waals surface area contributed by atoms with Crippen molar-refractivity contribution in [2.75, 3.05) is 24.3 Å². The molecule has 1 aromatic carbocycles. The number of aryl methyl sites for hydroxylation is 1. The summed E-state index contributed by atoms with van der Waals surface area (Å²) in [5, 5.41) is 6.17. The lowest BCUT2D eigenvalue weighted by molar-refractivity contribution is 0.102. The summed E-state index contributed by atoms with van der Waals surface area (Å²) in [5.74, 6) is 1.65. The predicted molar refractivity (Wildman–Crippen MR) is 107 cm³/mol. The second kappa shape index (κ2) is 9.16. The van der Waals surface area contributed by atoms with E-state index in [4.69, 9.17) is 4.74 Å². The van der Waals surface area contributed by atoms with Gasteiger partial charge in [-0.25, -0.2) is 9.97 Å². The van der Waals surface area contributed by atoms with Crippen LogP contribution in [0.3, 0.4) is 0 Å². The Bertz CT molecular complexity index is 833. The van der Waals surface area contributed by atoms with E-state index >= 15 is 0 Å². The Kier molecular flexibility index (Phi) is 6.41. The first kappa shape index (κ1) is 18.9. The number of benzene rings is 1. The summed E-state index contributed by atoms with van der Waals surface area (Å²) in [6.07, 6.45) is 8.33. The average Bonchev–Trinajstić information content (AvgIpc) is 2.68. The third-order valence-corrected chi connectivity index (χ3v) is 4.54. The van der Waals surface area contributed by atoms with Crippen molar-refractivity contribution in [1.82, 2.24) is 9.97 Å². The molecule has 1 aromatic heterocycles. The lowest BCUT2D eigenvalue weighted by Gasteiger charge is -2.13. The molecule has 1 aliphatic carbocycles. The van der Waals surface area contributed by atoms with E-state index in [2.05, 4.69) is 26.7 Å². The van der Waals surface area contributed by atoms with E-state index in [0.29, 0.717) is 28.8 Å². The van der Waals surface area contributed by atoms with Gasteiger partial charge in [0.1, 0.15) is 23.1 Å². The molecule has 0 bridgehead atoms. The van der Waals surface area contributed by atoms with Gasteiger partial charge in [-0.05, 0) is 51.2 Å². The summed E-state index contributed by atoms with van der Waals surface area (Å²) in [7, 11) is 1.59. The van der Waals surface area contributed by atoms with Crippen LogP contribution in [0.1, 0.15) is 48.4 Å². The number of rotatable bonds is 7. The number of nitrogens with zero attached hydrogens (tertiary/aromatic N) is 2. The van der Waals surface area contributed by atoms with E-state index < -0.39 is 0 Å². The van der Waals surface area contributed by atoms with E-state index in [-0.39, 0.29) is 5.91 Å². The molecule has 142 valence electrons. The largest absolute Gasteiger partial charge is 0.497 e. The van der Waals surface area contributed by atoms with Gasteiger partial charge in [-0.15, -0.1) is 0 Å². The Balaban J connectivity index is 1.63. The number of nitrogens with one attached hydrogen (secondary N) is 2. The molecule has 0 fully saturated rings. The van der Waals surface area contributed by atoms with Gasteiger partial charge in [0, 0.05) is 24.4 Å². The monoisotopic (exact) mass is 366 g/mol. The first-order valence-corrected chi connectivity index (χ1v) is 9.37. The van der Waals surface area contributed by atoms with Crippen LogP contribution in [0.15, 0.2) is 42.0 Å². The number of ether oxygens (including phenoxy) is 1. The van der Waals surface area contributed by atoms with Crippen LogP contribution in [-0.2, 0) is 0 Å². The lowest BCUT2D eigenvalue weighted by Crippen LogP contribution is -2.16. The average molecular weight is 366 g/mol. The molecule has 0 saturated heterocycles. The normalized spacial score (nSPS) is 13.6. The standard InChI is InChI=1S/C21H26N4O2/c1-15-23-19(21(26)25-17-9-6-10-18(13-17)27-2)14-20(24-15)22-12-11-16-7-4-3-5-8-16/h6-7,9-10,13-14H,3-5,8,11-12H2,1-2H3,(H,25,26)(H,22,23,24). The highest BCUT2D eigenvalue weighted by Crippen LogP contribution is 2.20. The summed E-state index contributed by atoms with van der Waals surface area (Å²) < 4.78 is 5.18. The fourth-order valence-corrected chi connectivity index (χ4v) is 3.15. The summed E-state index contributed by atoms with van der Waals surface area (Å²) in [4.78, 5) is 21.2. The van der Waals surface area contributed by atoms with Crippen LogP contribution < -0.4 is 15.4 Å². The lowest BCUT2D eigenvalue weighted by atomic mass is 9.97. The summed E-state index contributed by atoms with van der Waals surface area (Å²) in [6.45, 7) is 2.59. The van der Waals surface area contributed by atoms with Crippen LogP contribution in [0.25, 0.3) is 0 Å². The fraction of sp³-hybridized carbons (Fsp3) is 0.381. The molecule has 0 atom stereocenters. The molecule has 6 nitrogen and oxygen atoms in total. The number of amides is 1. The first-order chi connectivity index (χ1) is 13.1. The molecule has 2 N–H and O–H groups in total. The van der Waals surface area contributed by atoms with E-state index in [0.717, 1.165) is 13.0 Å². The van der Waals surface area contributed by atoms with Gasteiger partial charge in [0.2, 0.25) is 0 Å². The highest BCUT2D eigenvalue weighted by Gasteiger charge is 2.12. The predicted octanol–water partition coefficient (Wildman–Crippen LogP) is 4.35. The quantitative estimate of drug-likeness (QED) is 0.713. The number of carbonyl (C=O) groups is 1. The van der Waals surface area contributed by atoms with Crippen molar-refractivity contribution >= 4 is 17.4 Å². The summed E-state index contributed by atoms with van der Waals surface area (Å²) in [6, 6.07) is 8.92. The minimum absolute atomic E-state index is 0.271. The zero-order valence-electron chi connectivity index (χ0n) is 15.9. The highest BCUT2D eigenvalue weighted by molar-refractivity contribution is 6.03. The molecule has 0 aliphatic heterocycles. The van der Waals surface area contributed by atoms with Crippen molar-refractivity contribution in [1.29, 1.82) is 0 Å². The smallest absolute Gasteiger partial charge is 0.274 e. The van der Waals surface area contributed by atoms with Crippen LogP contribution in [0.4, 0.5) is 11.5 Å². The van der Waals surface area contributed by atoms with Crippen LogP contribution in [0, 0.1) is 6.92 Å². The van der Waals surface area contributed by atoms with Crippen molar-refractivity contribution in [3.63, 3.8) is 0 Å². The van der Waals surface area contributed by atoms with Gasteiger partial charge in [-0.2, -0.15) is 0 Å². The van der Waals surface area contributed by atoms with Crippen molar-refractivity contribution in [3.8, 4) is 5.75 Å². The second-order valence-corrected chi connectivity index (χ2v) is 6.66. The van der Waals surface area contributed by atoms with Gasteiger partial charge in [0.25, 0.3) is 5.91 Å². The third-order valence-electron chi connectivity index (χ3n) is 4.54. The molecular formula is C21H26N4O2. The van der Waals surface area contributed by atoms with E-state index in [1.807, 2.05) is 18.2 Å². The van der Waals surface area contributed by atoms with Crippen molar-refractivity contribution in [2.45, 2.75) is 39.0 Å². The van der Waals surface area contributed by atoms with Gasteiger partial charge in [0.15, 0.2) is 0 Å². The SMILES string of the molecule is COc1cccc(NC(=O)c2cc(NCCC3=CCCCC3)nc(C)n2)c1. The van der Waals surface area contributed by atoms with Crippen molar-refractivity contribution in [3.05, 3.63) is 53.5 Å². The number of anilines is 2.